The Morgan fingerprint density at radius 2 is 1.65 bits per heavy atom. The van der Waals surface area contributed by atoms with Gasteiger partial charge in [0.1, 0.15) is 5.75 Å². The van der Waals surface area contributed by atoms with Crippen molar-refractivity contribution in [2.24, 2.45) is 5.73 Å². The van der Waals surface area contributed by atoms with Gasteiger partial charge in [0.2, 0.25) is 5.91 Å². The quantitative estimate of drug-likeness (QED) is 0.662. The van der Waals surface area contributed by atoms with Crippen molar-refractivity contribution in [3.05, 3.63) is 72.3 Å². The average Bonchev–Trinajstić information content (AvgIpc) is 2.66. The Morgan fingerprint density at radius 1 is 0.923 bits per heavy atom. The smallest absolute Gasteiger partial charge is 0.217 e. The number of benzene rings is 3. The van der Waals surface area contributed by atoms with Crippen LogP contribution < -0.4 is 16.2 Å². The molecular weight excluding hydrogens is 324 g/mol. The third-order valence-corrected chi connectivity index (χ3v) is 4.37. The molecule has 26 heavy (non-hydrogen) atoms. The number of ether oxygens (including phenoxy) is 1. The van der Waals surface area contributed by atoms with Crippen LogP contribution in [0.1, 0.15) is 12.0 Å². The van der Waals surface area contributed by atoms with E-state index >= 15 is 0 Å². The van der Waals surface area contributed by atoms with Crippen LogP contribution in [0.2, 0.25) is 0 Å². The summed E-state index contributed by atoms with van der Waals surface area (Å²) in [5.74, 6) is 0.459. The molecule has 4 nitrogen and oxygen atoms in total. The van der Waals surface area contributed by atoms with Crippen LogP contribution in [0.15, 0.2) is 66.7 Å². The van der Waals surface area contributed by atoms with E-state index in [0.29, 0.717) is 12.8 Å². The van der Waals surface area contributed by atoms with Crippen molar-refractivity contribution in [1.82, 2.24) is 0 Å². The van der Waals surface area contributed by atoms with Gasteiger partial charge in [0.25, 0.3) is 0 Å². The zero-order valence-corrected chi connectivity index (χ0v) is 14.7. The van der Waals surface area contributed by atoms with Crippen LogP contribution in [-0.4, -0.2) is 13.0 Å². The van der Waals surface area contributed by atoms with Crippen molar-refractivity contribution in [1.29, 1.82) is 0 Å². The maximum absolute atomic E-state index is 11.2. The lowest BCUT2D eigenvalue weighted by Crippen LogP contribution is -2.11. The Labute approximate surface area is 153 Å². The highest BCUT2D eigenvalue weighted by molar-refractivity contribution is 5.76. The van der Waals surface area contributed by atoms with Crippen molar-refractivity contribution < 1.29 is 9.53 Å². The van der Waals surface area contributed by atoms with Gasteiger partial charge in [-0.3, -0.25) is 4.79 Å². The van der Waals surface area contributed by atoms with Crippen molar-refractivity contribution in [3.63, 3.8) is 0 Å². The topological polar surface area (TPSA) is 78.3 Å². The molecule has 0 aliphatic heterocycles. The van der Waals surface area contributed by atoms with E-state index < -0.39 is 0 Å². The second-order valence-corrected chi connectivity index (χ2v) is 6.19. The third kappa shape index (κ3) is 4.03. The van der Waals surface area contributed by atoms with Gasteiger partial charge in [0, 0.05) is 12.1 Å². The van der Waals surface area contributed by atoms with Gasteiger partial charge in [-0.1, -0.05) is 42.5 Å². The summed E-state index contributed by atoms with van der Waals surface area (Å²) >= 11 is 0. The summed E-state index contributed by atoms with van der Waals surface area (Å²) in [6.07, 6.45) is 0.889. The first kappa shape index (κ1) is 17.5. The molecule has 132 valence electrons. The molecule has 0 atom stereocenters. The molecule has 0 saturated heterocycles. The van der Waals surface area contributed by atoms with Crippen LogP contribution in [0.4, 0.5) is 5.69 Å². The van der Waals surface area contributed by atoms with Crippen molar-refractivity contribution in [2.45, 2.75) is 12.8 Å². The summed E-state index contributed by atoms with van der Waals surface area (Å²) in [7, 11) is 1.63. The van der Waals surface area contributed by atoms with Crippen LogP contribution in [0.5, 0.6) is 5.75 Å². The predicted molar refractivity (Wildman–Crippen MR) is 106 cm³/mol. The highest BCUT2D eigenvalue weighted by atomic mass is 16.5. The molecule has 0 heterocycles. The van der Waals surface area contributed by atoms with Crippen LogP contribution in [0.25, 0.3) is 22.3 Å². The first-order chi connectivity index (χ1) is 12.6. The van der Waals surface area contributed by atoms with E-state index in [1.165, 1.54) is 0 Å². The number of nitrogen functional groups attached to an aromatic ring is 1. The van der Waals surface area contributed by atoms with E-state index in [9.17, 15) is 4.79 Å². The number of aryl methyl sites for hydroxylation is 1. The fourth-order valence-electron chi connectivity index (χ4n) is 3.00. The van der Waals surface area contributed by atoms with Gasteiger partial charge in [0.05, 0.1) is 7.11 Å². The highest BCUT2D eigenvalue weighted by Gasteiger charge is 2.09. The van der Waals surface area contributed by atoms with Crippen molar-refractivity contribution in [2.75, 3.05) is 12.8 Å². The lowest BCUT2D eigenvalue weighted by molar-refractivity contribution is -0.117. The first-order valence-electron chi connectivity index (χ1n) is 8.48. The van der Waals surface area contributed by atoms with E-state index in [-0.39, 0.29) is 5.91 Å². The molecule has 0 spiro atoms. The molecule has 3 aromatic carbocycles. The number of primary amides is 1. The molecule has 4 heteroatoms. The van der Waals surface area contributed by atoms with E-state index in [0.717, 1.165) is 39.3 Å². The van der Waals surface area contributed by atoms with Gasteiger partial charge in [-0.15, -0.1) is 0 Å². The fraction of sp³-hybridized carbons (Fsp3) is 0.136. The van der Waals surface area contributed by atoms with E-state index in [1.807, 2.05) is 42.5 Å². The van der Waals surface area contributed by atoms with Crippen LogP contribution in [-0.2, 0) is 11.2 Å². The summed E-state index contributed by atoms with van der Waals surface area (Å²) in [5, 5.41) is 0. The molecule has 0 unspecified atom stereocenters. The summed E-state index contributed by atoms with van der Waals surface area (Å²) in [5.41, 5.74) is 17.3. The largest absolute Gasteiger partial charge is 0.497 e. The average molecular weight is 346 g/mol. The van der Waals surface area contributed by atoms with Crippen LogP contribution in [0.3, 0.4) is 0 Å². The molecule has 3 rings (SSSR count). The Balaban J connectivity index is 1.94. The number of hydrogen-bond donors (Lipinski definition) is 2. The molecule has 0 saturated carbocycles. The minimum atomic E-state index is -0.309. The minimum absolute atomic E-state index is 0.307. The Hall–Kier alpha value is -3.27. The number of carbonyl (C=O) groups is 1. The molecule has 0 aliphatic rings. The Kier molecular flexibility index (Phi) is 5.23. The summed E-state index contributed by atoms with van der Waals surface area (Å²) in [6.45, 7) is 0. The van der Waals surface area contributed by atoms with E-state index in [1.54, 1.807) is 7.11 Å². The number of amides is 1. The zero-order valence-electron chi connectivity index (χ0n) is 14.7. The van der Waals surface area contributed by atoms with E-state index in [2.05, 4.69) is 24.3 Å². The Bertz CT molecular complexity index is 918. The molecule has 0 bridgehead atoms. The molecular formula is C22H22N2O2. The van der Waals surface area contributed by atoms with E-state index in [4.69, 9.17) is 16.2 Å². The second kappa shape index (κ2) is 7.74. The summed E-state index contributed by atoms with van der Waals surface area (Å²) in [4.78, 5) is 11.2. The Morgan fingerprint density at radius 3 is 2.31 bits per heavy atom. The SMILES string of the molecule is COc1ccc(-c2ccc(-c3cccc(N)c3)cc2)c(CCC(N)=O)c1. The second-order valence-electron chi connectivity index (χ2n) is 6.19. The number of methoxy groups -OCH3 is 1. The van der Waals surface area contributed by atoms with Gasteiger partial charge in [-0.2, -0.15) is 0 Å². The van der Waals surface area contributed by atoms with Gasteiger partial charge < -0.3 is 16.2 Å². The van der Waals surface area contributed by atoms with Gasteiger partial charge in [0.15, 0.2) is 0 Å². The van der Waals surface area contributed by atoms with Crippen molar-refractivity contribution >= 4 is 11.6 Å². The highest BCUT2D eigenvalue weighted by Crippen LogP contribution is 2.30. The first-order valence-corrected chi connectivity index (χ1v) is 8.48. The van der Waals surface area contributed by atoms with Gasteiger partial charge in [-0.05, 0) is 58.5 Å². The summed E-state index contributed by atoms with van der Waals surface area (Å²) in [6, 6.07) is 22.0. The number of anilines is 1. The molecule has 0 radical (unpaired) electrons. The molecule has 0 aliphatic carbocycles. The standard InChI is InChI=1S/C22H22N2O2/c1-26-20-10-11-21(18(14-20)9-12-22(24)25)16-7-5-15(6-8-16)17-3-2-4-19(23)13-17/h2-8,10-11,13-14H,9,12,23H2,1H3,(H2,24,25). The lowest BCUT2D eigenvalue weighted by Gasteiger charge is -2.12. The van der Waals surface area contributed by atoms with Crippen LogP contribution in [0, 0.1) is 0 Å². The normalized spacial score (nSPS) is 10.5. The minimum Gasteiger partial charge on any atom is -0.497 e. The number of nitrogens with two attached hydrogens (primary N) is 2. The summed E-state index contributed by atoms with van der Waals surface area (Å²) < 4.78 is 5.31. The molecule has 0 aromatic heterocycles. The molecule has 1 amide bonds. The van der Waals surface area contributed by atoms with Gasteiger partial charge in [-0.25, -0.2) is 0 Å². The lowest BCUT2D eigenvalue weighted by atomic mass is 9.94. The molecule has 0 fully saturated rings. The number of rotatable bonds is 6. The fourth-order valence-corrected chi connectivity index (χ4v) is 3.00. The molecule has 3 aromatic rings. The maximum atomic E-state index is 11.2. The number of carbonyl (C=O) groups excluding carboxylic acids is 1. The zero-order chi connectivity index (χ0) is 18.5. The maximum Gasteiger partial charge on any atom is 0.217 e. The van der Waals surface area contributed by atoms with Gasteiger partial charge >= 0.3 is 0 Å². The predicted octanol–water partition coefficient (Wildman–Crippen LogP) is 4.03. The number of hydrogen-bond acceptors (Lipinski definition) is 3. The van der Waals surface area contributed by atoms with Crippen molar-refractivity contribution in [3.8, 4) is 28.0 Å². The third-order valence-electron chi connectivity index (χ3n) is 4.37. The monoisotopic (exact) mass is 346 g/mol. The molecule has 4 N–H and O–H groups in total. The van der Waals surface area contributed by atoms with Crippen LogP contribution >= 0.6 is 0 Å².